The number of carboxylic acid groups (broad SMARTS) is 1. The van der Waals surface area contributed by atoms with Crippen LogP contribution in [0.15, 0.2) is 0 Å². The van der Waals surface area contributed by atoms with E-state index in [-0.39, 0.29) is 17.3 Å². The van der Waals surface area contributed by atoms with Crippen LogP contribution in [0.3, 0.4) is 0 Å². The van der Waals surface area contributed by atoms with Gasteiger partial charge in [-0.3, -0.25) is 9.28 Å². The van der Waals surface area contributed by atoms with E-state index in [1.807, 2.05) is 0 Å². The second-order valence-electron chi connectivity index (χ2n) is 11.4. The quantitative estimate of drug-likeness (QED) is 0.759. The first-order valence-corrected chi connectivity index (χ1v) is 11.1. The van der Waals surface area contributed by atoms with E-state index in [2.05, 4.69) is 13.8 Å². The number of carbonyl (C=O) groups is 1. The van der Waals surface area contributed by atoms with Crippen molar-refractivity contribution in [3.63, 3.8) is 0 Å². The third kappa shape index (κ3) is 1.29. The molecule has 9 atom stereocenters. The Balaban J connectivity index is 1.65. The summed E-state index contributed by atoms with van der Waals surface area (Å²) in [5.41, 5.74) is -0.251. The van der Waals surface area contributed by atoms with Crippen LogP contribution in [0.25, 0.3) is 0 Å². The fourth-order valence-electron chi connectivity index (χ4n) is 11.0. The highest BCUT2D eigenvalue weighted by Gasteiger charge is 2.93. The van der Waals surface area contributed by atoms with Crippen molar-refractivity contribution in [3.05, 3.63) is 0 Å². The molecule has 4 heterocycles. The molecule has 4 heteroatoms. The van der Waals surface area contributed by atoms with Crippen molar-refractivity contribution in [3.8, 4) is 0 Å². The van der Waals surface area contributed by atoms with Crippen molar-refractivity contribution in [1.29, 1.82) is 0 Å². The van der Waals surface area contributed by atoms with Gasteiger partial charge in [0.15, 0.2) is 0 Å². The molecule has 6 aliphatic rings. The normalized spacial score (nSPS) is 64.0. The van der Waals surface area contributed by atoms with Gasteiger partial charge in [-0.1, -0.05) is 20.3 Å². The molecular formula is C22H34NO3+. The van der Waals surface area contributed by atoms with E-state index in [4.69, 9.17) is 0 Å². The second kappa shape index (κ2) is 4.35. The number of hydrogen-bond acceptors (Lipinski definition) is 2. The van der Waals surface area contributed by atoms with Gasteiger partial charge in [-0.25, -0.2) is 0 Å². The van der Waals surface area contributed by atoms with Crippen LogP contribution in [0.2, 0.25) is 0 Å². The highest BCUT2D eigenvalue weighted by atomic mass is 16.4. The molecule has 4 nitrogen and oxygen atoms in total. The van der Waals surface area contributed by atoms with E-state index in [9.17, 15) is 15.0 Å². The van der Waals surface area contributed by atoms with Gasteiger partial charge in [-0.05, 0) is 44.4 Å². The van der Waals surface area contributed by atoms with Crippen LogP contribution in [0.4, 0.5) is 0 Å². The fourth-order valence-corrected chi connectivity index (χ4v) is 11.0. The molecule has 0 aromatic carbocycles. The number of aliphatic hydroxyl groups is 1. The van der Waals surface area contributed by atoms with Crippen LogP contribution >= 0.6 is 0 Å². The largest absolute Gasteiger partial charge is 0.481 e. The summed E-state index contributed by atoms with van der Waals surface area (Å²) in [5, 5.41) is 22.0. The minimum Gasteiger partial charge on any atom is -0.481 e. The first-order valence-electron chi connectivity index (χ1n) is 11.1. The summed E-state index contributed by atoms with van der Waals surface area (Å²) in [5.74, 6) is 1.38. The van der Waals surface area contributed by atoms with Gasteiger partial charge in [0.05, 0.1) is 18.5 Å². The van der Waals surface area contributed by atoms with Crippen molar-refractivity contribution >= 4 is 5.97 Å². The molecule has 0 aromatic heterocycles. The number of aliphatic carboxylic acids is 1. The fraction of sp³-hybridized carbons (Fsp3) is 0.955. The average molecular weight is 361 g/mol. The van der Waals surface area contributed by atoms with E-state index >= 15 is 0 Å². The van der Waals surface area contributed by atoms with Crippen LogP contribution in [0.5, 0.6) is 0 Å². The Kier molecular flexibility index (Phi) is 2.74. The first-order chi connectivity index (χ1) is 12.3. The molecule has 0 aromatic rings. The summed E-state index contributed by atoms with van der Waals surface area (Å²) in [6.07, 6.45) is 9.53. The van der Waals surface area contributed by atoms with Gasteiger partial charge >= 0.3 is 5.97 Å². The van der Waals surface area contributed by atoms with Gasteiger partial charge in [0.25, 0.3) is 0 Å². The standard InChI is InChI=1S/C22H33NO3/c1-14-12-23-13-20-7-3-4-16(20)21(9-6-17(24)25)18(23)15(14)5-8-19(21,2)22(23,26)11-10-20/h14-16,18,26H,3-13H2,1-2H3/p+1/t14-,15-,16-,18+,19-,20+,21+,22+,23?/m1/s1. The Bertz CT molecular complexity index is 710. The van der Waals surface area contributed by atoms with Crippen molar-refractivity contribution < 1.29 is 19.5 Å². The smallest absolute Gasteiger partial charge is 0.303 e. The molecule has 6 rings (SSSR count). The third-order valence-corrected chi connectivity index (χ3v) is 11.3. The average Bonchev–Trinajstić information content (AvgIpc) is 3.12. The Morgan fingerprint density at radius 3 is 2.77 bits per heavy atom. The summed E-state index contributed by atoms with van der Waals surface area (Å²) in [4.78, 5) is 11.7. The van der Waals surface area contributed by atoms with Crippen LogP contribution < -0.4 is 0 Å². The van der Waals surface area contributed by atoms with Gasteiger partial charge in [0.2, 0.25) is 5.72 Å². The SMILES string of the molecule is C[C@@H]1C[N+]23C[C@@]45CCC[C@H]4[C@@]4(CCC(=O)O)[C@@H]2[C@@H]1CC[C@@]4(C)[C@@]3(O)CC5. The second-order valence-corrected chi connectivity index (χ2v) is 11.4. The van der Waals surface area contributed by atoms with Crippen LogP contribution in [0.1, 0.15) is 71.6 Å². The molecule has 2 N–H and O–H groups in total. The summed E-state index contributed by atoms with van der Waals surface area (Å²) in [7, 11) is 0. The lowest BCUT2D eigenvalue weighted by molar-refractivity contribution is -1.02. The zero-order valence-corrected chi connectivity index (χ0v) is 16.3. The highest BCUT2D eigenvalue weighted by Crippen LogP contribution is 2.85. The zero-order valence-electron chi connectivity index (χ0n) is 16.3. The van der Waals surface area contributed by atoms with Gasteiger partial charge in [-0.15, -0.1) is 0 Å². The maximum absolute atomic E-state index is 12.4. The van der Waals surface area contributed by atoms with Gasteiger partial charge in [0.1, 0.15) is 6.04 Å². The number of quaternary nitrogens is 1. The van der Waals surface area contributed by atoms with Crippen molar-refractivity contribution in [2.24, 2.45) is 34.0 Å². The maximum atomic E-state index is 12.4. The van der Waals surface area contributed by atoms with Gasteiger partial charge in [0, 0.05) is 35.5 Å². The van der Waals surface area contributed by atoms with Crippen molar-refractivity contribution in [1.82, 2.24) is 0 Å². The van der Waals surface area contributed by atoms with Crippen LogP contribution in [-0.2, 0) is 4.79 Å². The summed E-state index contributed by atoms with van der Waals surface area (Å²) >= 11 is 0. The van der Waals surface area contributed by atoms with Crippen LogP contribution in [0, 0.1) is 34.0 Å². The van der Waals surface area contributed by atoms with E-state index < -0.39 is 11.7 Å². The number of nitrogens with zero attached hydrogens (tertiary/aromatic N) is 1. The molecule has 1 unspecified atom stereocenters. The van der Waals surface area contributed by atoms with E-state index in [1.54, 1.807) is 0 Å². The Morgan fingerprint density at radius 2 is 2.00 bits per heavy atom. The summed E-state index contributed by atoms with van der Waals surface area (Å²) in [6, 6.07) is 0.525. The van der Waals surface area contributed by atoms with E-state index in [1.165, 1.54) is 38.6 Å². The molecule has 0 radical (unpaired) electrons. The number of hydrogen-bond donors (Lipinski definition) is 2. The lowest BCUT2D eigenvalue weighted by Gasteiger charge is -2.62. The number of fused-ring (bicyclic) bond motifs is 1. The summed E-state index contributed by atoms with van der Waals surface area (Å²) in [6.45, 7) is 7.16. The molecule has 144 valence electrons. The molecule has 2 spiro atoms. The molecule has 2 aliphatic carbocycles. The topological polar surface area (TPSA) is 57.5 Å². The Labute approximate surface area is 156 Å². The van der Waals surface area contributed by atoms with Gasteiger partial charge in [-0.2, -0.15) is 0 Å². The zero-order chi connectivity index (χ0) is 18.2. The molecule has 4 aliphatic heterocycles. The minimum absolute atomic E-state index is 0.0546. The molecule has 4 saturated heterocycles. The molecule has 0 amide bonds. The van der Waals surface area contributed by atoms with Crippen molar-refractivity contribution in [2.75, 3.05) is 13.1 Å². The predicted molar refractivity (Wildman–Crippen MR) is 97.0 cm³/mol. The monoisotopic (exact) mass is 360 g/mol. The lowest BCUT2D eigenvalue weighted by Crippen LogP contribution is -2.73. The van der Waals surface area contributed by atoms with E-state index in [0.29, 0.717) is 29.2 Å². The molecule has 26 heavy (non-hydrogen) atoms. The predicted octanol–water partition coefficient (Wildman–Crippen LogP) is 3.39. The Hall–Kier alpha value is -0.610. The third-order valence-electron chi connectivity index (χ3n) is 11.3. The number of carboxylic acids is 1. The lowest BCUT2D eigenvalue weighted by atomic mass is 9.44. The van der Waals surface area contributed by atoms with Crippen LogP contribution in [-0.4, -0.2) is 45.5 Å². The van der Waals surface area contributed by atoms with E-state index in [0.717, 1.165) is 30.3 Å². The van der Waals surface area contributed by atoms with Crippen molar-refractivity contribution in [2.45, 2.75) is 83.4 Å². The van der Waals surface area contributed by atoms with Gasteiger partial charge < -0.3 is 10.2 Å². The molecule has 2 saturated carbocycles. The first kappa shape index (κ1) is 16.4. The molecule has 6 fully saturated rings. The number of piperidine rings is 2. The minimum atomic E-state index is -0.646. The maximum Gasteiger partial charge on any atom is 0.303 e. The Morgan fingerprint density at radius 1 is 1.19 bits per heavy atom. The summed E-state index contributed by atoms with van der Waals surface area (Å²) < 4.78 is 0.964. The highest BCUT2D eigenvalue weighted by molar-refractivity contribution is 5.66. The number of rotatable bonds is 3. The molecule has 5 bridgehead atoms. The molecular weight excluding hydrogens is 326 g/mol.